The zero-order chi connectivity index (χ0) is 13.7. The summed E-state index contributed by atoms with van der Waals surface area (Å²) in [5, 5.41) is 0. The van der Waals surface area contributed by atoms with Crippen LogP contribution in [0, 0.1) is 0 Å². The lowest BCUT2D eigenvalue weighted by Crippen LogP contribution is -1.76. The summed E-state index contributed by atoms with van der Waals surface area (Å²) in [7, 11) is 0. The van der Waals surface area contributed by atoms with Gasteiger partial charge in [-0.1, -0.05) is 107 Å². The van der Waals surface area contributed by atoms with E-state index in [0.29, 0.717) is 0 Å². The van der Waals surface area contributed by atoms with Gasteiger partial charge >= 0.3 is 0 Å². The summed E-state index contributed by atoms with van der Waals surface area (Å²) in [4.78, 5) is 0. The van der Waals surface area contributed by atoms with Crippen molar-refractivity contribution in [2.45, 2.75) is 107 Å². The Kier molecular flexibility index (Phi) is 71.8. The third kappa shape index (κ3) is 65.7. The molecule has 0 rings (SSSR count). The van der Waals surface area contributed by atoms with Crippen LogP contribution in [0.1, 0.15) is 107 Å². The monoisotopic (exact) mass is 232 g/mol. The number of rotatable bonds is 6. The molecule has 0 heterocycles. The average Bonchev–Trinajstić information content (AvgIpc) is 2.35. The molecule has 0 unspecified atom stereocenters. The first kappa shape index (κ1) is 25.0. The van der Waals surface area contributed by atoms with E-state index in [9.17, 15) is 0 Å². The molecule has 0 bridgehead atoms. The van der Waals surface area contributed by atoms with Gasteiger partial charge in [0.15, 0.2) is 0 Å². The van der Waals surface area contributed by atoms with E-state index in [0.717, 1.165) is 0 Å². The third-order valence-corrected chi connectivity index (χ3v) is 1.71. The van der Waals surface area contributed by atoms with Crippen LogP contribution in [0.3, 0.4) is 0 Å². The van der Waals surface area contributed by atoms with E-state index < -0.39 is 0 Å². The van der Waals surface area contributed by atoms with Crippen LogP contribution < -0.4 is 0 Å². The summed E-state index contributed by atoms with van der Waals surface area (Å²) in [5.41, 5.74) is 0. The molecule has 0 nitrogen and oxygen atoms in total. The highest BCUT2D eigenvalue weighted by atomic mass is 13.9. The number of unbranched alkanes of at least 4 members (excludes halogenated alkanes) is 6. The van der Waals surface area contributed by atoms with E-state index in [4.69, 9.17) is 0 Å². The van der Waals surface area contributed by atoms with Crippen molar-refractivity contribution in [3.63, 3.8) is 0 Å². The van der Waals surface area contributed by atoms with Gasteiger partial charge in [0, 0.05) is 0 Å². The SMILES string of the molecule is CC.CC.CCC.CCCCCCCCC. The van der Waals surface area contributed by atoms with Gasteiger partial charge in [0.25, 0.3) is 0 Å². The maximum atomic E-state index is 2.26. The summed E-state index contributed by atoms with van der Waals surface area (Å²) in [5.74, 6) is 0. The molecular weight excluding hydrogens is 192 g/mol. The highest BCUT2D eigenvalue weighted by Gasteiger charge is 1.85. The molecule has 0 aliphatic heterocycles. The minimum atomic E-state index is 1.25. The van der Waals surface area contributed by atoms with Crippen molar-refractivity contribution in [3.05, 3.63) is 0 Å². The van der Waals surface area contributed by atoms with E-state index in [2.05, 4.69) is 27.7 Å². The molecule has 0 aromatic carbocycles. The van der Waals surface area contributed by atoms with Crippen LogP contribution in [0.4, 0.5) is 0 Å². The van der Waals surface area contributed by atoms with E-state index >= 15 is 0 Å². The molecular formula is C16H40. The predicted molar refractivity (Wildman–Crippen MR) is 82.3 cm³/mol. The molecule has 16 heavy (non-hydrogen) atoms. The van der Waals surface area contributed by atoms with E-state index in [1.54, 1.807) is 0 Å². The quantitative estimate of drug-likeness (QED) is 0.424. The average molecular weight is 232 g/mol. The predicted octanol–water partition coefficient (Wildman–Crippen LogP) is 7.23. The lowest BCUT2D eigenvalue weighted by atomic mass is 10.1. The first-order chi connectivity index (χ1) is 7.83. The maximum absolute atomic E-state index is 2.26. The fourth-order valence-electron chi connectivity index (χ4n) is 1.03. The van der Waals surface area contributed by atoms with Crippen LogP contribution in [-0.4, -0.2) is 0 Å². The Labute approximate surface area is 107 Å². The minimum absolute atomic E-state index is 1.25. The molecule has 0 aliphatic rings. The van der Waals surface area contributed by atoms with E-state index in [-0.39, 0.29) is 0 Å². The number of hydrogen-bond donors (Lipinski definition) is 0. The maximum Gasteiger partial charge on any atom is -0.0533 e. The molecule has 0 atom stereocenters. The Morgan fingerprint density at radius 1 is 0.438 bits per heavy atom. The highest BCUT2D eigenvalue weighted by molar-refractivity contribution is 4.41. The van der Waals surface area contributed by atoms with Crippen LogP contribution in [0.15, 0.2) is 0 Å². The molecule has 0 aliphatic carbocycles. The van der Waals surface area contributed by atoms with Gasteiger partial charge in [-0.05, 0) is 0 Å². The van der Waals surface area contributed by atoms with Crippen LogP contribution in [0.25, 0.3) is 0 Å². The van der Waals surface area contributed by atoms with Gasteiger partial charge < -0.3 is 0 Å². The fourth-order valence-corrected chi connectivity index (χ4v) is 1.03. The second-order valence-corrected chi connectivity index (χ2v) is 3.47. The van der Waals surface area contributed by atoms with Gasteiger partial charge in [-0.3, -0.25) is 0 Å². The molecule has 0 saturated heterocycles. The fraction of sp³-hybridized carbons (Fsp3) is 1.00. The topological polar surface area (TPSA) is 0 Å². The Bertz CT molecular complexity index is 42.0. The van der Waals surface area contributed by atoms with Crippen molar-refractivity contribution in [3.8, 4) is 0 Å². The minimum Gasteiger partial charge on any atom is -0.0683 e. The Morgan fingerprint density at radius 2 is 0.625 bits per heavy atom. The Balaban J connectivity index is -0.0000000864. The van der Waals surface area contributed by atoms with Crippen LogP contribution >= 0.6 is 0 Å². The molecule has 0 N–H and O–H groups in total. The van der Waals surface area contributed by atoms with Gasteiger partial charge in [0.2, 0.25) is 0 Å². The molecule has 0 aromatic heterocycles. The van der Waals surface area contributed by atoms with Crippen molar-refractivity contribution in [1.82, 2.24) is 0 Å². The lowest BCUT2D eigenvalue weighted by molar-refractivity contribution is 0.602. The Hall–Kier alpha value is 0. The summed E-state index contributed by atoms with van der Waals surface area (Å²) in [6.07, 6.45) is 11.2. The van der Waals surface area contributed by atoms with Crippen molar-refractivity contribution in [1.29, 1.82) is 0 Å². The molecule has 104 valence electrons. The molecule has 0 amide bonds. The van der Waals surface area contributed by atoms with Crippen LogP contribution in [-0.2, 0) is 0 Å². The van der Waals surface area contributed by atoms with Crippen molar-refractivity contribution >= 4 is 0 Å². The highest BCUT2D eigenvalue weighted by Crippen LogP contribution is 2.05. The molecule has 0 radical (unpaired) electrons. The zero-order valence-electron chi connectivity index (χ0n) is 13.7. The van der Waals surface area contributed by atoms with Crippen molar-refractivity contribution in [2.24, 2.45) is 0 Å². The van der Waals surface area contributed by atoms with E-state index in [1.165, 1.54) is 51.4 Å². The van der Waals surface area contributed by atoms with Crippen LogP contribution in [0.5, 0.6) is 0 Å². The smallest absolute Gasteiger partial charge is 0.0533 e. The summed E-state index contributed by atoms with van der Waals surface area (Å²) in [6.45, 7) is 16.8. The van der Waals surface area contributed by atoms with Gasteiger partial charge in [0.1, 0.15) is 0 Å². The number of hydrogen-bond acceptors (Lipinski definition) is 0. The molecule has 0 heteroatoms. The summed E-state index contributed by atoms with van der Waals surface area (Å²) < 4.78 is 0. The normalized spacial score (nSPS) is 7.50. The third-order valence-electron chi connectivity index (χ3n) is 1.71. The first-order valence-electron chi connectivity index (χ1n) is 7.83. The Morgan fingerprint density at radius 3 is 0.812 bits per heavy atom. The molecule has 0 saturated carbocycles. The molecule has 0 aromatic rings. The second kappa shape index (κ2) is 45.9. The van der Waals surface area contributed by atoms with Gasteiger partial charge in [-0.15, -0.1) is 0 Å². The van der Waals surface area contributed by atoms with Gasteiger partial charge in [0.05, 0.1) is 0 Å². The summed E-state index contributed by atoms with van der Waals surface area (Å²) in [6, 6.07) is 0. The van der Waals surface area contributed by atoms with Crippen molar-refractivity contribution < 1.29 is 0 Å². The summed E-state index contributed by atoms with van der Waals surface area (Å²) >= 11 is 0. The molecule has 0 spiro atoms. The second-order valence-electron chi connectivity index (χ2n) is 3.47. The van der Waals surface area contributed by atoms with Gasteiger partial charge in [-0.2, -0.15) is 0 Å². The van der Waals surface area contributed by atoms with E-state index in [1.807, 2.05) is 27.7 Å². The molecule has 0 fully saturated rings. The lowest BCUT2D eigenvalue weighted by Gasteiger charge is -1.96. The standard InChI is InChI=1S/C9H20.C3H8.2C2H6/c1-3-5-7-9-8-6-4-2;1-3-2;2*1-2/h3-9H2,1-2H3;3H2,1-2H3;2*1-2H3. The van der Waals surface area contributed by atoms with Crippen molar-refractivity contribution in [2.75, 3.05) is 0 Å². The van der Waals surface area contributed by atoms with Gasteiger partial charge in [-0.25, -0.2) is 0 Å². The van der Waals surface area contributed by atoms with Crippen LogP contribution in [0.2, 0.25) is 0 Å². The largest absolute Gasteiger partial charge is 0.0683 e. The first-order valence-corrected chi connectivity index (χ1v) is 7.83. The zero-order valence-corrected chi connectivity index (χ0v) is 13.7.